The zero-order chi connectivity index (χ0) is 56.9. The van der Waals surface area contributed by atoms with Crippen molar-refractivity contribution in [3.8, 4) is 0 Å². The van der Waals surface area contributed by atoms with Crippen molar-refractivity contribution >= 4 is 25.7 Å². The van der Waals surface area contributed by atoms with E-state index in [-0.39, 0.29) is 25.9 Å². The van der Waals surface area contributed by atoms with Crippen molar-refractivity contribution in [3.05, 3.63) is 146 Å². The molecular formula is C66H105O11P. The van der Waals surface area contributed by atoms with Gasteiger partial charge in [-0.2, -0.15) is 0 Å². The van der Waals surface area contributed by atoms with Crippen molar-refractivity contribution in [3.63, 3.8) is 0 Å². The average Bonchev–Trinajstić information content (AvgIpc) is 3.43. The lowest BCUT2D eigenvalue weighted by atomic mass is 10.1. The number of esters is 3. The number of rotatable bonds is 53. The summed E-state index contributed by atoms with van der Waals surface area (Å²) >= 11 is 0. The third kappa shape index (κ3) is 56.1. The maximum absolute atomic E-state index is 12.9. The summed E-state index contributed by atoms with van der Waals surface area (Å²) in [5, 5.41) is 9.82. The van der Waals surface area contributed by atoms with E-state index in [0.717, 1.165) is 122 Å². The molecule has 0 saturated carbocycles. The Bertz CT molecular complexity index is 1860. The molecule has 0 fully saturated rings. The van der Waals surface area contributed by atoms with Crippen molar-refractivity contribution in [2.45, 2.75) is 226 Å². The molecule has 0 aliphatic rings. The molecule has 3 atom stereocenters. The number of carbonyl (C=O) groups excluding carboxylic acids is 3. The monoisotopic (exact) mass is 1100 g/mol. The number of unbranched alkanes of at least 4 members (excludes halogenated alkanes) is 12. The van der Waals surface area contributed by atoms with Crippen LogP contribution in [0.3, 0.4) is 0 Å². The topological polar surface area (TPSA) is 155 Å². The molecule has 0 bridgehead atoms. The lowest BCUT2D eigenvalue weighted by molar-refractivity contribution is -0.161. The first-order chi connectivity index (χ1) is 38.2. The van der Waals surface area contributed by atoms with Gasteiger partial charge in [0, 0.05) is 19.3 Å². The van der Waals surface area contributed by atoms with Crippen LogP contribution in [0.1, 0.15) is 213 Å². The standard InChI is InChI=1S/C66H105O11P/c1-4-7-10-13-16-19-22-25-28-30-31-33-36-39-42-45-48-51-54-57-66(70)77-63(59-73-64(68)55-52-49-46-43-40-37-34-27-24-21-18-15-12-9-6-3)61-75-78(71,72)74-60-62(58-67)76-65(69)56-53-50-47-44-41-38-35-32-29-26-23-20-17-14-11-8-5-2/h8-9,11-12,16-21,25-29,31,33-35,38,40,43-44,47,62-63,67H,4-7,10,13-15,22-24,30,32,36-37,39,41-42,45-46,48-61H2,1-3H3,(H,71,72)/b11-8-,12-9-,19-16-,20-17-,21-18-,28-25-,29-26-,33-31-,34-27-,38-35-,43-40-,47-44-. The molecule has 440 valence electrons. The second kappa shape index (κ2) is 58.5. The van der Waals surface area contributed by atoms with Gasteiger partial charge in [0.2, 0.25) is 0 Å². The Morgan fingerprint density at radius 1 is 0.372 bits per heavy atom. The van der Waals surface area contributed by atoms with Crippen molar-refractivity contribution in [2.75, 3.05) is 26.4 Å². The molecule has 2 N–H and O–H groups in total. The molecular weight excluding hydrogens is 1000 g/mol. The quantitative estimate of drug-likeness (QED) is 0.0197. The van der Waals surface area contributed by atoms with E-state index in [1.807, 2.05) is 12.2 Å². The number of aliphatic hydroxyl groups excluding tert-OH is 1. The zero-order valence-electron chi connectivity index (χ0n) is 48.6. The normalized spacial score (nSPS) is 14.4. The Morgan fingerprint density at radius 3 is 1.10 bits per heavy atom. The van der Waals surface area contributed by atoms with Gasteiger partial charge in [0.15, 0.2) is 6.10 Å². The number of allylic oxidation sites excluding steroid dienone is 24. The maximum Gasteiger partial charge on any atom is 0.472 e. The first-order valence-corrected chi connectivity index (χ1v) is 31.2. The summed E-state index contributed by atoms with van der Waals surface area (Å²) in [6, 6.07) is 0. The highest BCUT2D eigenvalue weighted by Crippen LogP contribution is 2.43. The van der Waals surface area contributed by atoms with Crippen LogP contribution in [-0.4, -0.2) is 66.5 Å². The van der Waals surface area contributed by atoms with E-state index in [0.29, 0.717) is 25.7 Å². The summed E-state index contributed by atoms with van der Waals surface area (Å²) in [6.45, 7) is 4.24. The van der Waals surface area contributed by atoms with Gasteiger partial charge in [0.25, 0.3) is 0 Å². The van der Waals surface area contributed by atoms with Crippen molar-refractivity contribution in [1.82, 2.24) is 0 Å². The molecule has 0 amide bonds. The summed E-state index contributed by atoms with van der Waals surface area (Å²) in [6.07, 6.45) is 75.2. The minimum absolute atomic E-state index is 0.0868. The average molecular weight is 1110 g/mol. The summed E-state index contributed by atoms with van der Waals surface area (Å²) in [7, 11) is -4.79. The molecule has 78 heavy (non-hydrogen) atoms. The van der Waals surface area contributed by atoms with E-state index in [9.17, 15) is 28.9 Å². The largest absolute Gasteiger partial charge is 0.472 e. The van der Waals surface area contributed by atoms with Crippen LogP contribution >= 0.6 is 7.82 Å². The Labute approximate surface area is 473 Å². The second-order valence-corrected chi connectivity index (χ2v) is 20.5. The predicted molar refractivity (Wildman–Crippen MR) is 325 cm³/mol. The number of ether oxygens (including phenoxy) is 3. The molecule has 0 aromatic carbocycles. The van der Waals surface area contributed by atoms with Gasteiger partial charge in [0.05, 0.1) is 19.8 Å². The molecule has 0 spiro atoms. The Balaban J connectivity index is 4.87. The third-order valence-electron chi connectivity index (χ3n) is 11.7. The van der Waals surface area contributed by atoms with Crippen LogP contribution in [0.15, 0.2) is 146 Å². The zero-order valence-corrected chi connectivity index (χ0v) is 49.5. The van der Waals surface area contributed by atoms with E-state index in [2.05, 4.69) is 154 Å². The van der Waals surface area contributed by atoms with Gasteiger partial charge in [-0.05, 0) is 135 Å². The highest BCUT2D eigenvalue weighted by atomic mass is 31.2. The molecule has 3 unspecified atom stereocenters. The third-order valence-corrected chi connectivity index (χ3v) is 12.7. The van der Waals surface area contributed by atoms with Crippen LogP contribution in [0.5, 0.6) is 0 Å². The van der Waals surface area contributed by atoms with Crippen LogP contribution in [-0.2, 0) is 42.2 Å². The highest BCUT2D eigenvalue weighted by Gasteiger charge is 2.28. The van der Waals surface area contributed by atoms with E-state index in [1.165, 1.54) is 25.7 Å². The minimum atomic E-state index is -4.79. The SMILES string of the molecule is CC/C=C\C/C=C\C/C=C\C/C=C\C/C=C\CCCC(=O)OC(CO)COP(=O)(O)OCC(COC(=O)CCCC/C=C\C/C=C\C/C=C\C/C=C\CC)OC(=O)CCCCCCCC/C=C\C/C=C\C/C=C\CCCCC. The van der Waals surface area contributed by atoms with Gasteiger partial charge in [-0.25, -0.2) is 4.57 Å². The van der Waals surface area contributed by atoms with Crippen LogP contribution < -0.4 is 0 Å². The Hall–Kier alpha value is -4.64. The molecule has 0 rings (SSSR count). The lowest BCUT2D eigenvalue weighted by Crippen LogP contribution is -2.30. The molecule has 0 aromatic rings. The number of carbonyl (C=O) groups is 3. The molecule has 0 saturated heterocycles. The van der Waals surface area contributed by atoms with E-state index in [4.69, 9.17) is 23.3 Å². The van der Waals surface area contributed by atoms with Gasteiger partial charge in [-0.3, -0.25) is 23.4 Å². The van der Waals surface area contributed by atoms with E-state index >= 15 is 0 Å². The van der Waals surface area contributed by atoms with Gasteiger partial charge in [-0.15, -0.1) is 0 Å². The minimum Gasteiger partial charge on any atom is -0.462 e. The van der Waals surface area contributed by atoms with Gasteiger partial charge in [-0.1, -0.05) is 205 Å². The predicted octanol–water partition coefficient (Wildman–Crippen LogP) is 17.9. The highest BCUT2D eigenvalue weighted by molar-refractivity contribution is 7.47. The number of aliphatic hydroxyl groups is 1. The summed E-state index contributed by atoms with van der Waals surface area (Å²) in [5.74, 6) is -1.61. The number of phosphoric ester groups is 1. The Morgan fingerprint density at radius 2 is 0.679 bits per heavy atom. The van der Waals surface area contributed by atoms with Crippen LogP contribution in [0, 0.1) is 0 Å². The fourth-order valence-corrected chi connectivity index (χ4v) is 8.05. The lowest BCUT2D eigenvalue weighted by Gasteiger charge is -2.21. The van der Waals surface area contributed by atoms with Crippen molar-refractivity contribution < 1.29 is 52.2 Å². The number of hydrogen-bond acceptors (Lipinski definition) is 10. The molecule has 0 radical (unpaired) electrons. The number of phosphoric acid groups is 1. The van der Waals surface area contributed by atoms with Crippen LogP contribution in [0.2, 0.25) is 0 Å². The van der Waals surface area contributed by atoms with Crippen molar-refractivity contribution in [2.24, 2.45) is 0 Å². The molecule has 11 nitrogen and oxygen atoms in total. The van der Waals surface area contributed by atoms with Crippen LogP contribution in [0.4, 0.5) is 0 Å². The fraction of sp³-hybridized carbons (Fsp3) is 0.591. The maximum atomic E-state index is 12.9. The van der Waals surface area contributed by atoms with Gasteiger partial charge >= 0.3 is 25.7 Å². The Kier molecular flexibility index (Phi) is 55.0. The molecule has 12 heteroatoms. The first kappa shape index (κ1) is 73.4. The smallest absolute Gasteiger partial charge is 0.462 e. The molecule has 0 aliphatic heterocycles. The fourth-order valence-electron chi connectivity index (χ4n) is 7.27. The van der Waals surface area contributed by atoms with Crippen LogP contribution in [0.25, 0.3) is 0 Å². The first-order valence-electron chi connectivity index (χ1n) is 29.7. The van der Waals surface area contributed by atoms with E-state index in [1.54, 1.807) is 0 Å². The van der Waals surface area contributed by atoms with E-state index < -0.39 is 57.8 Å². The van der Waals surface area contributed by atoms with Gasteiger partial charge in [0.1, 0.15) is 12.7 Å². The van der Waals surface area contributed by atoms with Gasteiger partial charge < -0.3 is 24.2 Å². The summed E-state index contributed by atoms with van der Waals surface area (Å²) in [4.78, 5) is 48.6. The second-order valence-electron chi connectivity index (χ2n) is 19.0. The van der Waals surface area contributed by atoms with Crippen molar-refractivity contribution in [1.29, 1.82) is 0 Å². The number of hydrogen-bond donors (Lipinski definition) is 2. The molecule has 0 aliphatic carbocycles. The summed E-state index contributed by atoms with van der Waals surface area (Å²) in [5.41, 5.74) is 0. The molecule has 0 heterocycles. The summed E-state index contributed by atoms with van der Waals surface area (Å²) < 4.78 is 39.5. The molecule has 0 aromatic heterocycles.